The number of allylic oxidation sites excluding steroid dienone is 1. The predicted octanol–water partition coefficient (Wildman–Crippen LogP) is 1.48. The Hall–Kier alpha value is -1.16. The molecule has 0 saturated heterocycles. The number of anilines is 1. The number of nitrogen functional groups attached to an aromatic ring is 1. The van der Waals surface area contributed by atoms with Crippen molar-refractivity contribution in [1.82, 2.24) is 4.98 Å². The minimum atomic E-state index is -0.141. The highest BCUT2D eigenvalue weighted by molar-refractivity contribution is 7.13. The van der Waals surface area contributed by atoms with Crippen LogP contribution < -0.4 is 5.73 Å². The van der Waals surface area contributed by atoms with Gasteiger partial charge in [-0.1, -0.05) is 6.58 Å². The van der Waals surface area contributed by atoms with Gasteiger partial charge in [0.25, 0.3) is 0 Å². The van der Waals surface area contributed by atoms with Gasteiger partial charge in [-0.25, -0.2) is 4.98 Å². The maximum Gasteiger partial charge on any atom is 0.207 e. The molecular formula is C7H8N2OS. The van der Waals surface area contributed by atoms with Crippen LogP contribution in [-0.2, 0) is 0 Å². The fraction of sp³-hybridized carbons (Fsp3) is 0.143. The predicted molar refractivity (Wildman–Crippen MR) is 45.7 cm³/mol. The van der Waals surface area contributed by atoms with E-state index in [0.29, 0.717) is 16.4 Å². The molecule has 1 rings (SSSR count). The molecule has 58 valence electrons. The molecule has 11 heavy (non-hydrogen) atoms. The Bertz CT molecular complexity index is 303. The van der Waals surface area contributed by atoms with Crippen LogP contribution in [0.3, 0.4) is 0 Å². The molecule has 0 fully saturated rings. The van der Waals surface area contributed by atoms with Gasteiger partial charge in [0.15, 0.2) is 5.13 Å². The Labute approximate surface area is 68.6 Å². The van der Waals surface area contributed by atoms with E-state index in [1.54, 1.807) is 12.3 Å². The Morgan fingerprint density at radius 3 is 2.82 bits per heavy atom. The molecule has 1 aromatic heterocycles. The molecule has 0 aromatic carbocycles. The van der Waals surface area contributed by atoms with Crippen molar-refractivity contribution in [2.45, 2.75) is 6.92 Å². The van der Waals surface area contributed by atoms with Gasteiger partial charge in [-0.2, -0.15) is 0 Å². The zero-order valence-corrected chi connectivity index (χ0v) is 6.94. The molecule has 0 radical (unpaired) electrons. The first-order chi connectivity index (χ1) is 5.11. The molecule has 0 saturated carbocycles. The van der Waals surface area contributed by atoms with Crippen LogP contribution in [0.5, 0.6) is 0 Å². The lowest BCUT2D eigenvalue weighted by Crippen LogP contribution is -1.99. The van der Waals surface area contributed by atoms with Gasteiger partial charge >= 0.3 is 0 Å². The van der Waals surface area contributed by atoms with Gasteiger partial charge in [0.05, 0.1) is 0 Å². The Morgan fingerprint density at radius 2 is 2.45 bits per heavy atom. The Balaban J connectivity index is 2.94. The number of carbonyl (C=O) groups excluding carboxylic acids is 1. The van der Waals surface area contributed by atoms with Crippen molar-refractivity contribution in [2.24, 2.45) is 0 Å². The summed E-state index contributed by atoms with van der Waals surface area (Å²) in [5.41, 5.74) is 6.21. The average molecular weight is 168 g/mol. The molecule has 0 aliphatic heterocycles. The van der Waals surface area contributed by atoms with Gasteiger partial charge in [0.1, 0.15) is 5.69 Å². The standard InChI is InChI=1S/C7H8N2OS/c1-4(2)6(10)5-3-11-7(8)9-5/h3H,1H2,2H3,(H2,8,9). The summed E-state index contributed by atoms with van der Waals surface area (Å²) in [5, 5.41) is 2.04. The van der Waals surface area contributed by atoms with E-state index in [4.69, 9.17) is 5.73 Å². The van der Waals surface area contributed by atoms with Crippen molar-refractivity contribution >= 4 is 22.3 Å². The summed E-state index contributed by atoms with van der Waals surface area (Å²) in [7, 11) is 0. The second-order valence-corrected chi connectivity index (χ2v) is 3.07. The third-order valence-corrected chi connectivity index (χ3v) is 1.82. The summed E-state index contributed by atoms with van der Waals surface area (Å²) in [4.78, 5) is 15.0. The third-order valence-electron chi connectivity index (χ3n) is 1.14. The first kappa shape index (κ1) is 7.94. The molecular weight excluding hydrogens is 160 g/mol. The third kappa shape index (κ3) is 1.65. The number of hydrogen-bond donors (Lipinski definition) is 1. The van der Waals surface area contributed by atoms with Crippen molar-refractivity contribution in [2.75, 3.05) is 5.73 Å². The second kappa shape index (κ2) is 2.84. The topological polar surface area (TPSA) is 56.0 Å². The molecule has 0 unspecified atom stereocenters. The van der Waals surface area contributed by atoms with Gasteiger partial charge in [0, 0.05) is 5.38 Å². The van der Waals surface area contributed by atoms with Crippen LogP contribution in [0.15, 0.2) is 17.5 Å². The highest BCUT2D eigenvalue weighted by Crippen LogP contribution is 2.13. The maximum absolute atomic E-state index is 11.1. The molecule has 1 heterocycles. The van der Waals surface area contributed by atoms with E-state index in [2.05, 4.69) is 11.6 Å². The second-order valence-electron chi connectivity index (χ2n) is 2.18. The maximum atomic E-state index is 11.1. The van der Waals surface area contributed by atoms with E-state index in [0.717, 1.165) is 0 Å². The number of thiazole rings is 1. The van der Waals surface area contributed by atoms with E-state index in [-0.39, 0.29) is 5.78 Å². The van der Waals surface area contributed by atoms with Crippen molar-refractivity contribution in [3.8, 4) is 0 Å². The van der Waals surface area contributed by atoms with Crippen LogP contribution in [0.2, 0.25) is 0 Å². The molecule has 1 aromatic rings. The van der Waals surface area contributed by atoms with Gasteiger partial charge in [0.2, 0.25) is 5.78 Å². The molecule has 3 nitrogen and oxygen atoms in total. The number of carbonyl (C=O) groups is 1. The van der Waals surface area contributed by atoms with Crippen molar-refractivity contribution in [3.63, 3.8) is 0 Å². The van der Waals surface area contributed by atoms with E-state index in [1.165, 1.54) is 11.3 Å². The first-order valence-corrected chi connectivity index (χ1v) is 3.90. The van der Waals surface area contributed by atoms with Crippen molar-refractivity contribution in [1.29, 1.82) is 0 Å². The highest BCUT2D eigenvalue weighted by atomic mass is 32.1. The summed E-state index contributed by atoms with van der Waals surface area (Å²) in [5.74, 6) is -0.141. The van der Waals surface area contributed by atoms with Crippen LogP contribution in [0.4, 0.5) is 5.13 Å². The first-order valence-electron chi connectivity index (χ1n) is 3.02. The summed E-state index contributed by atoms with van der Waals surface area (Å²) >= 11 is 1.25. The van der Waals surface area contributed by atoms with E-state index < -0.39 is 0 Å². The summed E-state index contributed by atoms with van der Waals surface area (Å²) in [6.45, 7) is 5.17. The number of Topliss-reactive ketones (excluding diaryl/α,β-unsaturated/α-hetero) is 1. The smallest absolute Gasteiger partial charge is 0.207 e. The molecule has 4 heteroatoms. The number of aromatic nitrogens is 1. The van der Waals surface area contributed by atoms with Crippen LogP contribution in [0, 0.1) is 0 Å². The number of ketones is 1. The summed E-state index contributed by atoms with van der Waals surface area (Å²) in [6, 6.07) is 0. The van der Waals surface area contributed by atoms with Gasteiger partial charge < -0.3 is 5.73 Å². The van der Waals surface area contributed by atoms with Gasteiger partial charge in [-0.3, -0.25) is 4.79 Å². The largest absolute Gasteiger partial charge is 0.375 e. The van der Waals surface area contributed by atoms with E-state index in [1.807, 2.05) is 0 Å². The van der Waals surface area contributed by atoms with E-state index >= 15 is 0 Å². The lowest BCUT2D eigenvalue weighted by Gasteiger charge is -1.90. The zero-order chi connectivity index (χ0) is 8.43. The average Bonchev–Trinajstić information content (AvgIpc) is 2.34. The molecule has 2 N–H and O–H groups in total. The highest BCUT2D eigenvalue weighted by Gasteiger charge is 2.09. The summed E-state index contributed by atoms with van der Waals surface area (Å²) in [6.07, 6.45) is 0. The lowest BCUT2D eigenvalue weighted by atomic mass is 10.2. The number of nitrogens with zero attached hydrogens (tertiary/aromatic N) is 1. The van der Waals surface area contributed by atoms with Crippen molar-refractivity contribution in [3.05, 3.63) is 23.2 Å². The van der Waals surface area contributed by atoms with Crippen LogP contribution in [0.25, 0.3) is 0 Å². The fourth-order valence-electron chi connectivity index (χ4n) is 0.611. The lowest BCUT2D eigenvalue weighted by molar-refractivity contribution is 0.103. The Morgan fingerprint density at radius 1 is 1.82 bits per heavy atom. The Kier molecular flexibility index (Phi) is 2.05. The molecule has 0 amide bonds. The number of nitrogens with two attached hydrogens (primary N) is 1. The molecule has 0 aliphatic carbocycles. The summed E-state index contributed by atoms with van der Waals surface area (Å²) < 4.78 is 0. The monoisotopic (exact) mass is 168 g/mol. The van der Waals surface area contributed by atoms with Gasteiger partial charge in [-0.15, -0.1) is 11.3 Å². The SMILES string of the molecule is C=C(C)C(=O)c1csc(N)n1. The fourth-order valence-corrected chi connectivity index (χ4v) is 1.15. The van der Waals surface area contributed by atoms with Crippen LogP contribution >= 0.6 is 11.3 Å². The van der Waals surface area contributed by atoms with E-state index in [9.17, 15) is 4.79 Å². The normalized spacial score (nSPS) is 9.55. The minimum absolute atomic E-state index is 0.141. The van der Waals surface area contributed by atoms with Crippen molar-refractivity contribution < 1.29 is 4.79 Å². The molecule has 0 spiro atoms. The van der Waals surface area contributed by atoms with Crippen LogP contribution in [-0.4, -0.2) is 10.8 Å². The van der Waals surface area contributed by atoms with Crippen LogP contribution in [0.1, 0.15) is 17.4 Å². The quantitative estimate of drug-likeness (QED) is 0.537. The zero-order valence-electron chi connectivity index (χ0n) is 6.13. The molecule has 0 atom stereocenters. The minimum Gasteiger partial charge on any atom is -0.375 e. The molecule has 0 bridgehead atoms. The molecule has 0 aliphatic rings. The van der Waals surface area contributed by atoms with Gasteiger partial charge in [-0.05, 0) is 12.5 Å². The number of hydrogen-bond acceptors (Lipinski definition) is 4. The number of rotatable bonds is 2.